The van der Waals surface area contributed by atoms with E-state index in [2.05, 4.69) is 39.2 Å². The maximum absolute atomic E-state index is 14.6. The quantitative estimate of drug-likeness (QED) is 0.178. The fraction of sp³-hybridized carbons (Fsp3) is 0.419. The van der Waals surface area contributed by atoms with Gasteiger partial charge < -0.3 is 19.2 Å². The molecule has 0 aliphatic heterocycles. The van der Waals surface area contributed by atoms with Gasteiger partial charge >= 0.3 is 0 Å². The van der Waals surface area contributed by atoms with Crippen molar-refractivity contribution in [2.75, 3.05) is 18.5 Å². The molecular formula is C31H41ClFNO3Si. The van der Waals surface area contributed by atoms with Crippen LogP contribution in [0.2, 0.25) is 23.2 Å². The highest BCUT2D eigenvalue weighted by atomic mass is 35.5. The molecule has 3 rings (SSSR count). The van der Waals surface area contributed by atoms with Gasteiger partial charge in [-0.2, -0.15) is 0 Å². The first-order valence-electron chi connectivity index (χ1n) is 13.2. The Morgan fingerprint density at radius 3 is 2.29 bits per heavy atom. The molecule has 3 aromatic carbocycles. The molecule has 0 spiro atoms. The molecule has 0 unspecified atom stereocenters. The zero-order valence-electron chi connectivity index (χ0n) is 23.7. The van der Waals surface area contributed by atoms with Gasteiger partial charge in [0, 0.05) is 35.5 Å². The maximum atomic E-state index is 14.6. The number of rotatable bonds is 12. The Labute approximate surface area is 233 Å². The van der Waals surface area contributed by atoms with Crippen molar-refractivity contribution in [3.8, 4) is 11.5 Å². The van der Waals surface area contributed by atoms with Crippen LogP contribution in [-0.2, 0) is 10.8 Å². The number of nitrogens with one attached hydrogen (secondary N) is 1. The second-order valence-electron chi connectivity index (χ2n) is 11.4. The van der Waals surface area contributed by atoms with Gasteiger partial charge in [-0.25, -0.2) is 4.39 Å². The normalized spacial score (nSPS) is 12.1. The SMILES string of the molecule is CC(C)Oc1ccc(Nc2ccc(OCCCO[Si](C)(C)C(C)(C)C)cc2Cc2ccc(Cl)cc2)cc1F. The summed E-state index contributed by atoms with van der Waals surface area (Å²) in [6, 6.07) is 18.7. The lowest BCUT2D eigenvalue weighted by Gasteiger charge is -2.36. The molecule has 0 aliphatic carbocycles. The van der Waals surface area contributed by atoms with Crippen molar-refractivity contribution < 1.29 is 18.3 Å². The first-order valence-corrected chi connectivity index (χ1v) is 16.5. The van der Waals surface area contributed by atoms with Gasteiger partial charge in [-0.3, -0.25) is 0 Å². The van der Waals surface area contributed by atoms with E-state index in [-0.39, 0.29) is 16.9 Å². The standard InChI is InChI=1S/C31H41ClFNO3Si/c1-22(2)37-30-16-13-26(21-28(30)33)34-29-15-14-27(20-24(29)19-23-9-11-25(32)12-10-23)35-17-8-18-36-38(6,7)31(3,4)5/h9-16,20-22,34H,8,17-19H2,1-7H3. The monoisotopic (exact) mass is 557 g/mol. The molecule has 206 valence electrons. The van der Waals surface area contributed by atoms with Gasteiger partial charge in [0.2, 0.25) is 0 Å². The van der Waals surface area contributed by atoms with Crippen LogP contribution in [0.15, 0.2) is 60.7 Å². The second kappa shape index (κ2) is 13.0. The zero-order chi connectivity index (χ0) is 27.9. The van der Waals surface area contributed by atoms with Crippen LogP contribution in [0.1, 0.15) is 52.2 Å². The Balaban J connectivity index is 1.72. The number of anilines is 2. The van der Waals surface area contributed by atoms with E-state index in [0.717, 1.165) is 29.0 Å². The number of benzene rings is 3. The Kier molecular flexibility index (Phi) is 10.3. The van der Waals surface area contributed by atoms with E-state index in [1.165, 1.54) is 6.07 Å². The fourth-order valence-electron chi connectivity index (χ4n) is 3.63. The van der Waals surface area contributed by atoms with Crippen LogP contribution in [0.25, 0.3) is 0 Å². The van der Waals surface area contributed by atoms with E-state index in [9.17, 15) is 4.39 Å². The zero-order valence-corrected chi connectivity index (χ0v) is 25.4. The van der Waals surface area contributed by atoms with Crippen LogP contribution < -0.4 is 14.8 Å². The first-order chi connectivity index (χ1) is 17.8. The summed E-state index contributed by atoms with van der Waals surface area (Å²) in [4.78, 5) is 0. The van der Waals surface area contributed by atoms with E-state index in [4.69, 9.17) is 25.5 Å². The van der Waals surface area contributed by atoms with Crippen molar-refractivity contribution in [1.29, 1.82) is 0 Å². The molecule has 0 atom stereocenters. The van der Waals surface area contributed by atoms with Crippen molar-refractivity contribution in [2.45, 2.75) is 71.7 Å². The molecule has 38 heavy (non-hydrogen) atoms. The van der Waals surface area contributed by atoms with Crippen LogP contribution in [0.5, 0.6) is 11.5 Å². The molecule has 3 aromatic rings. The summed E-state index contributed by atoms with van der Waals surface area (Å²) >= 11 is 6.09. The lowest BCUT2D eigenvalue weighted by Crippen LogP contribution is -2.41. The van der Waals surface area contributed by atoms with Gasteiger partial charge in [0.1, 0.15) is 5.75 Å². The van der Waals surface area contributed by atoms with Crippen molar-refractivity contribution in [1.82, 2.24) is 0 Å². The Bertz CT molecular complexity index is 1190. The third-order valence-corrected chi connectivity index (χ3v) is 11.6. The van der Waals surface area contributed by atoms with Gasteiger partial charge in [-0.05, 0) is 92.0 Å². The van der Waals surface area contributed by atoms with E-state index in [0.29, 0.717) is 30.3 Å². The number of halogens is 2. The van der Waals surface area contributed by atoms with Crippen molar-refractivity contribution in [3.63, 3.8) is 0 Å². The van der Waals surface area contributed by atoms with Gasteiger partial charge in [-0.15, -0.1) is 0 Å². The largest absolute Gasteiger partial charge is 0.493 e. The average Bonchev–Trinajstić information content (AvgIpc) is 2.82. The summed E-state index contributed by atoms with van der Waals surface area (Å²) in [5, 5.41) is 4.26. The lowest BCUT2D eigenvalue weighted by atomic mass is 10.0. The molecule has 0 heterocycles. The highest BCUT2D eigenvalue weighted by Gasteiger charge is 2.36. The molecule has 4 nitrogen and oxygen atoms in total. The smallest absolute Gasteiger partial charge is 0.191 e. The molecule has 7 heteroatoms. The maximum Gasteiger partial charge on any atom is 0.191 e. The topological polar surface area (TPSA) is 39.7 Å². The van der Waals surface area contributed by atoms with Crippen molar-refractivity contribution in [2.24, 2.45) is 0 Å². The molecule has 0 saturated carbocycles. The van der Waals surface area contributed by atoms with E-state index in [1.54, 1.807) is 6.07 Å². The van der Waals surface area contributed by atoms with Crippen LogP contribution in [0.4, 0.5) is 15.8 Å². The molecule has 0 aliphatic rings. The number of hydrogen-bond donors (Lipinski definition) is 1. The minimum Gasteiger partial charge on any atom is -0.493 e. The van der Waals surface area contributed by atoms with Gasteiger partial charge in [0.05, 0.1) is 12.7 Å². The lowest BCUT2D eigenvalue weighted by molar-refractivity contribution is 0.231. The molecule has 1 N–H and O–H groups in total. The second-order valence-corrected chi connectivity index (χ2v) is 16.6. The first kappa shape index (κ1) is 30.0. The predicted octanol–water partition coefficient (Wildman–Crippen LogP) is 9.39. The summed E-state index contributed by atoms with van der Waals surface area (Å²) in [6.07, 6.45) is 1.39. The summed E-state index contributed by atoms with van der Waals surface area (Å²) in [6.45, 7) is 16.3. The summed E-state index contributed by atoms with van der Waals surface area (Å²) in [5.74, 6) is 0.634. The minimum absolute atomic E-state index is 0.0968. The van der Waals surface area contributed by atoms with Crippen LogP contribution in [0.3, 0.4) is 0 Å². The predicted molar refractivity (Wildman–Crippen MR) is 159 cm³/mol. The number of hydrogen-bond acceptors (Lipinski definition) is 4. The van der Waals surface area contributed by atoms with Gasteiger partial charge in [-0.1, -0.05) is 44.5 Å². The molecule has 0 bridgehead atoms. The van der Waals surface area contributed by atoms with Crippen molar-refractivity contribution in [3.05, 3.63) is 82.6 Å². The highest BCUT2D eigenvalue weighted by Crippen LogP contribution is 2.36. The van der Waals surface area contributed by atoms with Crippen molar-refractivity contribution >= 4 is 31.3 Å². The third kappa shape index (κ3) is 8.75. The van der Waals surface area contributed by atoms with Crippen LogP contribution >= 0.6 is 11.6 Å². The third-order valence-electron chi connectivity index (χ3n) is 6.78. The number of ether oxygens (including phenoxy) is 2. The van der Waals surface area contributed by atoms with Gasteiger partial charge in [0.15, 0.2) is 19.9 Å². The molecular weight excluding hydrogens is 517 g/mol. The van der Waals surface area contributed by atoms with Gasteiger partial charge in [0.25, 0.3) is 0 Å². The Morgan fingerprint density at radius 1 is 0.947 bits per heavy atom. The minimum atomic E-state index is -1.76. The molecule has 0 radical (unpaired) electrons. The summed E-state index contributed by atoms with van der Waals surface area (Å²) in [5.41, 5.74) is 3.67. The fourth-order valence-corrected chi connectivity index (χ4v) is 4.84. The molecule has 0 saturated heterocycles. The molecule has 0 amide bonds. The average molecular weight is 558 g/mol. The van der Waals surface area contributed by atoms with E-state index >= 15 is 0 Å². The Hall–Kier alpha value is -2.54. The Morgan fingerprint density at radius 2 is 1.66 bits per heavy atom. The van der Waals surface area contributed by atoms with Crippen LogP contribution in [0, 0.1) is 5.82 Å². The molecule has 0 aromatic heterocycles. The van der Waals surface area contributed by atoms with E-state index < -0.39 is 14.1 Å². The van der Waals surface area contributed by atoms with E-state index in [1.807, 2.05) is 62.4 Å². The molecule has 0 fully saturated rings. The van der Waals surface area contributed by atoms with Crippen LogP contribution in [-0.4, -0.2) is 27.6 Å². The summed E-state index contributed by atoms with van der Waals surface area (Å²) < 4.78 is 32.5. The summed E-state index contributed by atoms with van der Waals surface area (Å²) in [7, 11) is -1.76. The highest BCUT2D eigenvalue weighted by molar-refractivity contribution is 6.74.